The van der Waals surface area contributed by atoms with Crippen LogP contribution in [0.25, 0.3) is 0 Å². The first-order valence-corrected chi connectivity index (χ1v) is 6.61. The van der Waals surface area contributed by atoms with E-state index in [9.17, 15) is 0 Å². The summed E-state index contributed by atoms with van der Waals surface area (Å²) in [4.78, 5) is 2.46. The van der Waals surface area contributed by atoms with Crippen molar-refractivity contribution in [3.05, 3.63) is 11.3 Å². The van der Waals surface area contributed by atoms with E-state index in [0.29, 0.717) is 6.54 Å². The van der Waals surface area contributed by atoms with E-state index in [4.69, 9.17) is 5.73 Å². The Morgan fingerprint density at radius 2 is 2.12 bits per heavy atom. The van der Waals surface area contributed by atoms with Gasteiger partial charge in [0, 0.05) is 32.2 Å². The summed E-state index contributed by atoms with van der Waals surface area (Å²) in [5.41, 5.74) is 8.14. The molecule has 96 valence electrons. The standard InChI is InChI=1S/C13H24N4/c1-10-5-4-7-17(8-6-10)13-12(9-14)11(2)15-16(13)3/h10H,4-9,14H2,1-3H3. The molecule has 1 aromatic rings. The van der Waals surface area contributed by atoms with Gasteiger partial charge in [0.1, 0.15) is 5.82 Å². The highest BCUT2D eigenvalue weighted by atomic mass is 15.4. The summed E-state index contributed by atoms with van der Waals surface area (Å²) in [7, 11) is 2.02. The maximum Gasteiger partial charge on any atom is 0.131 e. The molecule has 1 aliphatic rings. The van der Waals surface area contributed by atoms with Crippen LogP contribution in [0.4, 0.5) is 5.82 Å². The second-order valence-corrected chi connectivity index (χ2v) is 5.24. The molecule has 1 saturated heterocycles. The first-order chi connectivity index (χ1) is 8.13. The van der Waals surface area contributed by atoms with Gasteiger partial charge in [-0.15, -0.1) is 0 Å². The predicted molar refractivity (Wildman–Crippen MR) is 71.1 cm³/mol. The molecule has 1 fully saturated rings. The van der Waals surface area contributed by atoms with Crippen LogP contribution in [0, 0.1) is 12.8 Å². The Morgan fingerprint density at radius 3 is 2.82 bits per heavy atom. The zero-order chi connectivity index (χ0) is 12.4. The molecule has 1 aromatic heterocycles. The van der Waals surface area contributed by atoms with Crippen molar-refractivity contribution in [3.63, 3.8) is 0 Å². The first-order valence-electron chi connectivity index (χ1n) is 6.61. The van der Waals surface area contributed by atoms with Gasteiger partial charge in [-0.25, -0.2) is 0 Å². The van der Waals surface area contributed by atoms with Crippen molar-refractivity contribution in [1.29, 1.82) is 0 Å². The molecule has 0 saturated carbocycles. The van der Waals surface area contributed by atoms with Crippen LogP contribution in [0.3, 0.4) is 0 Å². The van der Waals surface area contributed by atoms with Crippen LogP contribution < -0.4 is 10.6 Å². The second kappa shape index (κ2) is 5.08. The second-order valence-electron chi connectivity index (χ2n) is 5.24. The van der Waals surface area contributed by atoms with E-state index in [2.05, 4.69) is 16.9 Å². The Hall–Kier alpha value is -1.03. The largest absolute Gasteiger partial charge is 0.357 e. The molecule has 17 heavy (non-hydrogen) atoms. The van der Waals surface area contributed by atoms with Gasteiger partial charge in [-0.05, 0) is 32.1 Å². The zero-order valence-corrected chi connectivity index (χ0v) is 11.2. The molecule has 0 bridgehead atoms. The molecule has 4 nitrogen and oxygen atoms in total. The molecule has 0 aliphatic carbocycles. The Kier molecular flexibility index (Phi) is 3.72. The fourth-order valence-corrected chi connectivity index (χ4v) is 2.80. The molecule has 1 atom stereocenters. The van der Waals surface area contributed by atoms with Gasteiger partial charge < -0.3 is 10.6 Å². The van der Waals surface area contributed by atoms with Crippen molar-refractivity contribution >= 4 is 5.82 Å². The molecule has 2 heterocycles. The number of aromatic nitrogens is 2. The number of aryl methyl sites for hydroxylation is 2. The van der Waals surface area contributed by atoms with E-state index in [1.807, 2.05) is 18.7 Å². The lowest BCUT2D eigenvalue weighted by Gasteiger charge is -2.24. The third kappa shape index (κ3) is 2.46. The molecule has 4 heteroatoms. The van der Waals surface area contributed by atoms with Gasteiger partial charge in [-0.1, -0.05) is 6.92 Å². The molecule has 0 spiro atoms. The summed E-state index contributed by atoms with van der Waals surface area (Å²) in [5.74, 6) is 2.08. The van der Waals surface area contributed by atoms with Crippen LogP contribution in [0.2, 0.25) is 0 Å². The third-order valence-corrected chi connectivity index (χ3v) is 3.83. The van der Waals surface area contributed by atoms with Crippen molar-refractivity contribution in [1.82, 2.24) is 9.78 Å². The van der Waals surface area contributed by atoms with Crippen LogP contribution in [-0.2, 0) is 13.6 Å². The zero-order valence-electron chi connectivity index (χ0n) is 11.2. The average Bonchev–Trinajstić information content (AvgIpc) is 2.46. The van der Waals surface area contributed by atoms with Crippen LogP contribution in [0.15, 0.2) is 0 Å². The minimum Gasteiger partial charge on any atom is -0.357 e. The topological polar surface area (TPSA) is 47.1 Å². The molecule has 2 rings (SSSR count). The normalized spacial score (nSPS) is 21.6. The van der Waals surface area contributed by atoms with E-state index in [0.717, 1.165) is 24.7 Å². The van der Waals surface area contributed by atoms with Crippen LogP contribution in [-0.4, -0.2) is 22.9 Å². The van der Waals surface area contributed by atoms with E-state index < -0.39 is 0 Å². The van der Waals surface area contributed by atoms with Gasteiger partial charge in [0.25, 0.3) is 0 Å². The lowest BCUT2D eigenvalue weighted by atomic mass is 10.0. The molecular weight excluding hydrogens is 212 g/mol. The first kappa shape index (κ1) is 12.4. The highest BCUT2D eigenvalue weighted by Gasteiger charge is 2.21. The SMILES string of the molecule is Cc1nn(C)c(N2CCCC(C)CC2)c1CN. The number of hydrogen-bond acceptors (Lipinski definition) is 3. The van der Waals surface area contributed by atoms with Crippen molar-refractivity contribution in [2.75, 3.05) is 18.0 Å². The third-order valence-electron chi connectivity index (χ3n) is 3.83. The molecule has 0 aromatic carbocycles. The minimum absolute atomic E-state index is 0.584. The van der Waals surface area contributed by atoms with Gasteiger partial charge >= 0.3 is 0 Å². The highest BCUT2D eigenvalue weighted by molar-refractivity contribution is 5.50. The fourth-order valence-electron chi connectivity index (χ4n) is 2.80. The number of rotatable bonds is 2. The summed E-state index contributed by atoms with van der Waals surface area (Å²) in [6.45, 7) is 7.25. The number of anilines is 1. The quantitative estimate of drug-likeness (QED) is 0.852. The summed E-state index contributed by atoms with van der Waals surface area (Å²) in [5, 5.41) is 4.50. The lowest BCUT2D eigenvalue weighted by Crippen LogP contribution is -2.27. The van der Waals surface area contributed by atoms with Crippen LogP contribution in [0.5, 0.6) is 0 Å². The van der Waals surface area contributed by atoms with Crippen molar-refractivity contribution in [2.24, 2.45) is 18.7 Å². The van der Waals surface area contributed by atoms with E-state index in [1.54, 1.807) is 0 Å². The van der Waals surface area contributed by atoms with Crippen LogP contribution in [0.1, 0.15) is 37.4 Å². The molecule has 1 aliphatic heterocycles. The van der Waals surface area contributed by atoms with E-state index in [-0.39, 0.29) is 0 Å². The molecule has 2 N–H and O–H groups in total. The van der Waals surface area contributed by atoms with Gasteiger partial charge in [0.2, 0.25) is 0 Å². The average molecular weight is 236 g/mol. The van der Waals surface area contributed by atoms with E-state index >= 15 is 0 Å². The van der Waals surface area contributed by atoms with Gasteiger partial charge in [0.05, 0.1) is 5.69 Å². The summed E-state index contributed by atoms with van der Waals surface area (Å²) >= 11 is 0. The van der Waals surface area contributed by atoms with Crippen molar-refractivity contribution < 1.29 is 0 Å². The number of nitrogens with two attached hydrogens (primary N) is 1. The van der Waals surface area contributed by atoms with Gasteiger partial charge in [0.15, 0.2) is 0 Å². The molecule has 0 amide bonds. The lowest BCUT2D eigenvalue weighted by molar-refractivity contribution is 0.520. The minimum atomic E-state index is 0.584. The molecular formula is C13H24N4. The smallest absolute Gasteiger partial charge is 0.131 e. The highest BCUT2D eigenvalue weighted by Crippen LogP contribution is 2.26. The Bertz CT molecular complexity index is 383. The summed E-state index contributed by atoms with van der Waals surface area (Å²) < 4.78 is 1.99. The summed E-state index contributed by atoms with van der Waals surface area (Å²) in [6, 6.07) is 0. The van der Waals surface area contributed by atoms with Crippen molar-refractivity contribution in [3.8, 4) is 0 Å². The van der Waals surface area contributed by atoms with Crippen molar-refractivity contribution in [2.45, 2.75) is 39.7 Å². The van der Waals surface area contributed by atoms with Gasteiger partial charge in [-0.2, -0.15) is 5.10 Å². The Balaban J connectivity index is 2.26. The van der Waals surface area contributed by atoms with E-state index in [1.165, 1.54) is 30.6 Å². The number of nitrogens with zero attached hydrogens (tertiary/aromatic N) is 3. The fraction of sp³-hybridized carbons (Fsp3) is 0.769. The monoisotopic (exact) mass is 236 g/mol. The van der Waals surface area contributed by atoms with Gasteiger partial charge in [-0.3, -0.25) is 4.68 Å². The van der Waals surface area contributed by atoms with Crippen LogP contribution >= 0.6 is 0 Å². The molecule has 0 radical (unpaired) electrons. The molecule has 1 unspecified atom stereocenters. The maximum atomic E-state index is 5.86. The maximum absolute atomic E-state index is 5.86. The predicted octanol–water partition coefficient (Wildman–Crippen LogP) is 1.81. The summed E-state index contributed by atoms with van der Waals surface area (Å²) in [6.07, 6.45) is 3.88. The Labute approximate surface area is 104 Å². The number of hydrogen-bond donors (Lipinski definition) is 1. The Morgan fingerprint density at radius 1 is 1.35 bits per heavy atom.